The number of hydrogen-bond donors (Lipinski definition) is 1. The van der Waals surface area contributed by atoms with Crippen LogP contribution in [0.4, 0.5) is 0 Å². The number of nitrogens with one attached hydrogen (secondary N) is 1. The third-order valence-corrected chi connectivity index (χ3v) is 5.12. The predicted octanol–water partition coefficient (Wildman–Crippen LogP) is 3.20. The highest BCUT2D eigenvalue weighted by molar-refractivity contribution is 7.11. The summed E-state index contributed by atoms with van der Waals surface area (Å²) in [6, 6.07) is 8.08. The van der Waals surface area contributed by atoms with Crippen LogP contribution in [0, 0.1) is 20.8 Å². The smallest absolute Gasteiger partial charge is 0.193 e. The number of benzene rings is 1. The van der Waals surface area contributed by atoms with E-state index >= 15 is 0 Å². The third kappa shape index (κ3) is 5.74. The van der Waals surface area contributed by atoms with Crippen molar-refractivity contribution in [1.82, 2.24) is 15.2 Å². The van der Waals surface area contributed by atoms with Gasteiger partial charge in [-0.15, -0.1) is 11.3 Å². The van der Waals surface area contributed by atoms with Gasteiger partial charge in [-0.1, -0.05) is 18.2 Å². The average Bonchev–Trinajstić information content (AvgIpc) is 2.90. The molecule has 0 amide bonds. The van der Waals surface area contributed by atoms with Crippen molar-refractivity contribution in [2.45, 2.75) is 27.2 Å². The van der Waals surface area contributed by atoms with Gasteiger partial charge >= 0.3 is 0 Å². The summed E-state index contributed by atoms with van der Waals surface area (Å²) in [5, 5.41) is 4.54. The van der Waals surface area contributed by atoms with E-state index in [4.69, 9.17) is 4.74 Å². The van der Waals surface area contributed by atoms with Crippen LogP contribution in [-0.4, -0.2) is 49.6 Å². The van der Waals surface area contributed by atoms with Crippen molar-refractivity contribution in [1.29, 1.82) is 0 Å². The van der Waals surface area contributed by atoms with Crippen LogP contribution in [0.1, 0.15) is 21.1 Å². The van der Waals surface area contributed by atoms with E-state index in [1.54, 1.807) is 11.3 Å². The highest BCUT2D eigenvalue weighted by atomic mass is 32.1. The van der Waals surface area contributed by atoms with Gasteiger partial charge in [0, 0.05) is 31.9 Å². The Morgan fingerprint density at radius 1 is 1.28 bits per heavy atom. The third-order valence-electron chi connectivity index (χ3n) is 3.99. The van der Waals surface area contributed by atoms with Crippen LogP contribution in [0.5, 0.6) is 5.75 Å². The van der Waals surface area contributed by atoms with Gasteiger partial charge in [-0.2, -0.15) is 0 Å². The van der Waals surface area contributed by atoms with Gasteiger partial charge in [-0.05, 0) is 32.4 Å². The quantitative estimate of drug-likeness (QED) is 0.608. The van der Waals surface area contributed by atoms with Crippen molar-refractivity contribution in [2.75, 3.05) is 33.8 Å². The van der Waals surface area contributed by atoms with E-state index in [0.717, 1.165) is 47.5 Å². The van der Waals surface area contributed by atoms with Crippen molar-refractivity contribution in [3.8, 4) is 5.75 Å². The van der Waals surface area contributed by atoms with Crippen LogP contribution in [-0.2, 0) is 6.42 Å². The summed E-state index contributed by atoms with van der Waals surface area (Å²) in [6.45, 7) is 8.42. The van der Waals surface area contributed by atoms with Crippen molar-refractivity contribution < 1.29 is 4.74 Å². The molecule has 0 atom stereocenters. The Bertz CT molecular complexity index is 711. The zero-order valence-corrected chi connectivity index (χ0v) is 16.6. The van der Waals surface area contributed by atoms with Crippen LogP contribution in [0.2, 0.25) is 0 Å². The van der Waals surface area contributed by atoms with E-state index in [1.807, 2.05) is 32.3 Å². The first kappa shape index (κ1) is 19.2. The molecule has 0 unspecified atom stereocenters. The molecule has 1 heterocycles. The van der Waals surface area contributed by atoms with Crippen LogP contribution in [0.25, 0.3) is 0 Å². The normalized spacial score (nSPS) is 11.5. The Morgan fingerprint density at radius 3 is 2.68 bits per heavy atom. The summed E-state index contributed by atoms with van der Waals surface area (Å²) in [5.74, 6) is 1.82. The Morgan fingerprint density at radius 2 is 2.04 bits per heavy atom. The molecule has 2 aromatic rings. The number of hydrogen-bond acceptors (Lipinski definition) is 4. The molecule has 6 heteroatoms. The van der Waals surface area contributed by atoms with E-state index in [0.29, 0.717) is 6.61 Å². The molecule has 0 radical (unpaired) electrons. The van der Waals surface area contributed by atoms with Gasteiger partial charge in [0.05, 0.1) is 17.2 Å². The molecule has 0 aliphatic heterocycles. The summed E-state index contributed by atoms with van der Waals surface area (Å²) < 4.78 is 5.86. The number of para-hydroxylation sites is 1. The summed E-state index contributed by atoms with van der Waals surface area (Å²) in [4.78, 5) is 12.3. The van der Waals surface area contributed by atoms with Gasteiger partial charge < -0.3 is 15.0 Å². The van der Waals surface area contributed by atoms with Gasteiger partial charge in [0.15, 0.2) is 5.96 Å². The van der Waals surface area contributed by atoms with Crippen LogP contribution < -0.4 is 10.1 Å². The number of aromatic nitrogens is 1. The summed E-state index contributed by atoms with van der Waals surface area (Å²) in [5.41, 5.74) is 2.29. The number of aryl methyl sites for hydroxylation is 3. The van der Waals surface area contributed by atoms with Crippen molar-refractivity contribution in [3.05, 3.63) is 45.4 Å². The van der Waals surface area contributed by atoms with Gasteiger partial charge in [-0.25, -0.2) is 4.98 Å². The molecular weight excluding hydrogens is 332 g/mol. The number of guanidine groups is 1. The van der Waals surface area contributed by atoms with Crippen molar-refractivity contribution >= 4 is 17.3 Å². The molecule has 0 fully saturated rings. The van der Waals surface area contributed by atoms with Gasteiger partial charge in [0.1, 0.15) is 12.4 Å². The standard InChI is InChI=1S/C19H28N4OS/c1-14-8-6-7-9-17(14)24-13-12-23(5)19(20-4)21-11-10-18-15(2)22-16(3)25-18/h6-9H,10-13H2,1-5H3,(H,20,21). The SMILES string of the molecule is CN=C(NCCc1sc(C)nc1C)N(C)CCOc1ccccc1C. The highest BCUT2D eigenvalue weighted by Gasteiger charge is 2.08. The van der Waals surface area contributed by atoms with Crippen LogP contribution >= 0.6 is 11.3 Å². The molecular formula is C19H28N4OS. The van der Waals surface area contributed by atoms with Gasteiger partial charge in [0.2, 0.25) is 0 Å². The van der Waals surface area contributed by atoms with E-state index < -0.39 is 0 Å². The highest BCUT2D eigenvalue weighted by Crippen LogP contribution is 2.17. The van der Waals surface area contributed by atoms with Crippen molar-refractivity contribution in [3.63, 3.8) is 0 Å². The van der Waals surface area contributed by atoms with E-state index in [9.17, 15) is 0 Å². The first-order chi connectivity index (χ1) is 12.0. The lowest BCUT2D eigenvalue weighted by Crippen LogP contribution is -2.41. The molecule has 1 N–H and O–H groups in total. The fourth-order valence-electron chi connectivity index (χ4n) is 2.59. The maximum atomic E-state index is 5.86. The average molecular weight is 361 g/mol. The molecule has 0 aliphatic rings. The maximum absolute atomic E-state index is 5.86. The summed E-state index contributed by atoms with van der Waals surface area (Å²) in [6.07, 6.45) is 0.962. The molecule has 25 heavy (non-hydrogen) atoms. The molecule has 1 aromatic carbocycles. The lowest BCUT2D eigenvalue weighted by atomic mass is 10.2. The van der Waals surface area contributed by atoms with E-state index in [-0.39, 0.29) is 0 Å². The zero-order valence-electron chi connectivity index (χ0n) is 15.8. The minimum Gasteiger partial charge on any atom is -0.491 e. The van der Waals surface area contributed by atoms with Gasteiger partial charge in [-0.3, -0.25) is 4.99 Å². The second kappa shape index (κ2) is 9.42. The minimum atomic E-state index is 0.620. The largest absolute Gasteiger partial charge is 0.491 e. The fraction of sp³-hybridized carbons (Fsp3) is 0.474. The minimum absolute atomic E-state index is 0.620. The molecule has 0 saturated heterocycles. The molecule has 136 valence electrons. The number of nitrogens with zero attached hydrogens (tertiary/aromatic N) is 3. The molecule has 0 aliphatic carbocycles. The lowest BCUT2D eigenvalue weighted by molar-refractivity contribution is 0.280. The monoisotopic (exact) mass is 360 g/mol. The van der Waals surface area contributed by atoms with Crippen LogP contribution in [0.3, 0.4) is 0 Å². The molecule has 1 aromatic heterocycles. The Labute approximate surface area is 154 Å². The molecule has 2 rings (SSSR count). The number of ether oxygens (including phenoxy) is 1. The first-order valence-corrected chi connectivity index (χ1v) is 9.36. The second-order valence-electron chi connectivity index (χ2n) is 6.00. The van der Waals surface area contributed by atoms with Gasteiger partial charge in [0.25, 0.3) is 0 Å². The first-order valence-electron chi connectivity index (χ1n) is 8.54. The fourth-order valence-corrected chi connectivity index (χ4v) is 3.53. The molecule has 0 saturated carbocycles. The zero-order chi connectivity index (χ0) is 18.2. The second-order valence-corrected chi connectivity index (χ2v) is 7.29. The van der Waals surface area contributed by atoms with E-state index in [2.05, 4.69) is 47.0 Å². The predicted molar refractivity (Wildman–Crippen MR) is 106 cm³/mol. The molecule has 5 nitrogen and oxygen atoms in total. The lowest BCUT2D eigenvalue weighted by Gasteiger charge is -2.22. The Kier molecular flexibility index (Phi) is 7.25. The van der Waals surface area contributed by atoms with Crippen molar-refractivity contribution in [2.24, 2.45) is 4.99 Å². The molecule has 0 bridgehead atoms. The summed E-state index contributed by atoms with van der Waals surface area (Å²) in [7, 11) is 3.84. The number of aliphatic imine (C=N–C) groups is 1. The Hall–Kier alpha value is -2.08. The topological polar surface area (TPSA) is 49.8 Å². The number of thiazole rings is 1. The number of rotatable bonds is 7. The number of likely N-dealkylation sites (N-methyl/N-ethyl adjacent to an activating group) is 1. The maximum Gasteiger partial charge on any atom is 0.193 e. The van der Waals surface area contributed by atoms with Crippen LogP contribution in [0.15, 0.2) is 29.3 Å². The summed E-state index contributed by atoms with van der Waals surface area (Å²) >= 11 is 1.77. The van der Waals surface area contributed by atoms with E-state index in [1.165, 1.54) is 4.88 Å². The Balaban J connectivity index is 1.76. The molecule has 0 spiro atoms.